The summed E-state index contributed by atoms with van der Waals surface area (Å²) in [5.74, 6) is 1.60. The Hall–Kier alpha value is -3.84. The standard InChI is InChI=1S/C25H24N2O4S/c1-2-15-31-23-14-7-6-13-22(23)26-25(32)27-24(28)19-9-8-12-21(18-19)30-17-16-29-20-10-4-3-5-11-20/h2-14,18H,1,15-17H2,(H2,26,27,28,32). The second-order valence-electron chi connectivity index (χ2n) is 6.54. The molecule has 0 aliphatic heterocycles. The quantitative estimate of drug-likeness (QED) is 0.263. The molecular formula is C25H24N2O4S. The summed E-state index contributed by atoms with van der Waals surface area (Å²) in [5.41, 5.74) is 1.07. The van der Waals surface area contributed by atoms with Crippen molar-refractivity contribution in [2.75, 3.05) is 25.1 Å². The van der Waals surface area contributed by atoms with Crippen LogP contribution in [-0.2, 0) is 0 Å². The molecule has 3 rings (SSSR count). The highest BCUT2D eigenvalue weighted by molar-refractivity contribution is 7.80. The van der Waals surface area contributed by atoms with Gasteiger partial charge in [-0.25, -0.2) is 0 Å². The smallest absolute Gasteiger partial charge is 0.257 e. The van der Waals surface area contributed by atoms with Gasteiger partial charge in [-0.05, 0) is 54.7 Å². The molecular weight excluding hydrogens is 424 g/mol. The first kappa shape index (κ1) is 22.8. The molecule has 0 fully saturated rings. The molecule has 0 spiro atoms. The Kier molecular flexibility index (Phi) is 8.65. The van der Waals surface area contributed by atoms with Gasteiger partial charge in [0, 0.05) is 5.56 Å². The van der Waals surface area contributed by atoms with E-state index in [-0.39, 0.29) is 11.0 Å². The number of benzene rings is 3. The van der Waals surface area contributed by atoms with Crippen molar-refractivity contribution in [3.8, 4) is 17.2 Å². The highest BCUT2D eigenvalue weighted by Crippen LogP contribution is 2.23. The van der Waals surface area contributed by atoms with Gasteiger partial charge in [-0.2, -0.15) is 0 Å². The maximum Gasteiger partial charge on any atom is 0.257 e. The van der Waals surface area contributed by atoms with Gasteiger partial charge in [0.05, 0.1) is 5.69 Å². The van der Waals surface area contributed by atoms with Gasteiger partial charge in [-0.15, -0.1) is 0 Å². The summed E-state index contributed by atoms with van der Waals surface area (Å²) in [7, 11) is 0. The van der Waals surface area contributed by atoms with E-state index >= 15 is 0 Å². The van der Waals surface area contributed by atoms with Crippen molar-refractivity contribution in [3.63, 3.8) is 0 Å². The fourth-order valence-corrected chi connectivity index (χ4v) is 2.94. The van der Waals surface area contributed by atoms with Crippen LogP contribution in [0.4, 0.5) is 5.69 Å². The topological polar surface area (TPSA) is 68.8 Å². The number of carbonyl (C=O) groups excluding carboxylic acids is 1. The zero-order valence-electron chi connectivity index (χ0n) is 17.5. The maximum atomic E-state index is 12.6. The fourth-order valence-electron chi connectivity index (χ4n) is 2.74. The molecule has 0 aliphatic carbocycles. The molecule has 0 aliphatic rings. The fraction of sp³-hybridized carbons (Fsp3) is 0.120. The number of carbonyl (C=O) groups is 1. The predicted octanol–water partition coefficient (Wildman–Crippen LogP) is 4.84. The van der Waals surface area contributed by atoms with Crippen LogP contribution in [0.1, 0.15) is 10.4 Å². The third kappa shape index (κ3) is 7.14. The summed E-state index contributed by atoms with van der Waals surface area (Å²) < 4.78 is 16.9. The van der Waals surface area contributed by atoms with Gasteiger partial charge < -0.3 is 19.5 Å². The third-order valence-corrected chi connectivity index (χ3v) is 4.38. The summed E-state index contributed by atoms with van der Waals surface area (Å²) in [6, 6.07) is 23.7. The Balaban J connectivity index is 1.51. The van der Waals surface area contributed by atoms with E-state index in [1.54, 1.807) is 36.4 Å². The lowest BCUT2D eigenvalue weighted by Gasteiger charge is -2.14. The molecule has 7 heteroatoms. The molecule has 0 atom stereocenters. The molecule has 32 heavy (non-hydrogen) atoms. The Morgan fingerprint density at radius 2 is 1.56 bits per heavy atom. The van der Waals surface area contributed by atoms with E-state index in [0.29, 0.717) is 42.6 Å². The number of anilines is 1. The predicted molar refractivity (Wildman–Crippen MR) is 130 cm³/mol. The normalized spacial score (nSPS) is 10.0. The third-order valence-electron chi connectivity index (χ3n) is 4.18. The largest absolute Gasteiger partial charge is 0.490 e. The molecule has 0 saturated carbocycles. The molecule has 0 heterocycles. The summed E-state index contributed by atoms with van der Waals surface area (Å²) >= 11 is 5.28. The molecule has 0 radical (unpaired) electrons. The van der Waals surface area contributed by atoms with Crippen molar-refractivity contribution < 1.29 is 19.0 Å². The van der Waals surface area contributed by atoms with E-state index in [9.17, 15) is 4.79 Å². The van der Waals surface area contributed by atoms with E-state index < -0.39 is 0 Å². The van der Waals surface area contributed by atoms with Crippen LogP contribution in [0.15, 0.2) is 91.5 Å². The number of nitrogens with one attached hydrogen (secondary N) is 2. The van der Waals surface area contributed by atoms with Crippen molar-refractivity contribution >= 4 is 28.9 Å². The summed E-state index contributed by atoms with van der Waals surface area (Å²) in [4.78, 5) is 12.6. The van der Waals surface area contributed by atoms with Gasteiger partial charge in [0.25, 0.3) is 5.91 Å². The summed E-state index contributed by atoms with van der Waals surface area (Å²) in [5, 5.41) is 5.81. The monoisotopic (exact) mass is 448 g/mol. The van der Waals surface area contributed by atoms with Crippen LogP contribution in [0.25, 0.3) is 0 Å². The minimum Gasteiger partial charge on any atom is -0.490 e. The Bertz CT molecular complexity index is 1060. The first-order valence-electron chi connectivity index (χ1n) is 10.0. The molecule has 0 bridgehead atoms. The van der Waals surface area contributed by atoms with Gasteiger partial charge in [0.15, 0.2) is 5.11 Å². The highest BCUT2D eigenvalue weighted by atomic mass is 32.1. The van der Waals surface area contributed by atoms with Crippen molar-refractivity contribution in [1.82, 2.24) is 5.32 Å². The number of thiocarbonyl (C=S) groups is 1. The van der Waals surface area contributed by atoms with Gasteiger partial charge in [0.2, 0.25) is 0 Å². The minimum atomic E-state index is -0.349. The Morgan fingerprint density at radius 3 is 2.34 bits per heavy atom. The summed E-state index contributed by atoms with van der Waals surface area (Å²) in [6.45, 7) is 4.74. The van der Waals surface area contributed by atoms with Crippen LogP contribution in [-0.4, -0.2) is 30.8 Å². The number of para-hydroxylation sites is 3. The first-order chi connectivity index (χ1) is 15.7. The van der Waals surface area contributed by atoms with Crippen molar-refractivity contribution in [2.45, 2.75) is 0 Å². The lowest BCUT2D eigenvalue weighted by molar-refractivity contribution is 0.0977. The molecule has 6 nitrogen and oxygen atoms in total. The van der Waals surface area contributed by atoms with E-state index in [1.807, 2.05) is 48.5 Å². The Morgan fingerprint density at radius 1 is 0.875 bits per heavy atom. The number of hydrogen-bond donors (Lipinski definition) is 2. The zero-order chi connectivity index (χ0) is 22.6. The van der Waals surface area contributed by atoms with Gasteiger partial charge in [0.1, 0.15) is 37.1 Å². The lowest BCUT2D eigenvalue weighted by Crippen LogP contribution is -2.34. The molecule has 0 aromatic heterocycles. The second kappa shape index (κ2) is 12.1. The lowest BCUT2D eigenvalue weighted by atomic mass is 10.2. The van der Waals surface area contributed by atoms with Gasteiger partial charge in [-0.1, -0.05) is 49.1 Å². The van der Waals surface area contributed by atoms with Crippen LogP contribution >= 0.6 is 12.2 Å². The molecule has 0 saturated heterocycles. The van der Waals surface area contributed by atoms with E-state index in [2.05, 4.69) is 17.2 Å². The molecule has 3 aromatic carbocycles. The molecule has 0 unspecified atom stereocenters. The zero-order valence-corrected chi connectivity index (χ0v) is 18.3. The van der Waals surface area contributed by atoms with Crippen LogP contribution < -0.4 is 24.8 Å². The summed E-state index contributed by atoms with van der Waals surface area (Å²) in [6.07, 6.45) is 1.65. The Labute approximate surface area is 192 Å². The number of amides is 1. The van der Waals surface area contributed by atoms with Crippen molar-refractivity contribution in [3.05, 3.63) is 97.1 Å². The van der Waals surface area contributed by atoms with E-state index in [4.69, 9.17) is 26.4 Å². The van der Waals surface area contributed by atoms with Crippen LogP contribution in [0.5, 0.6) is 17.2 Å². The van der Waals surface area contributed by atoms with Crippen LogP contribution in [0.3, 0.4) is 0 Å². The van der Waals surface area contributed by atoms with E-state index in [0.717, 1.165) is 5.75 Å². The SMILES string of the molecule is C=CCOc1ccccc1NC(=S)NC(=O)c1cccc(OCCOc2ccccc2)c1. The van der Waals surface area contributed by atoms with Gasteiger partial charge in [-0.3, -0.25) is 10.1 Å². The first-order valence-corrected chi connectivity index (χ1v) is 10.4. The number of hydrogen-bond acceptors (Lipinski definition) is 5. The van der Waals surface area contributed by atoms with Crippen LogP contribution in [0, 0.1) is 0 Å². The second-order valence-corrected chi connectivity index (χ2v) is 6.95. The number of rotatable bonds is 10. The molecule has 164 valence electrons. The highest BCUT2D eigenvalue weighted by Gasteiger charge is 2.11. The van der Waals surface area contributed by atoms with Gasteiger partial charge >= 0.3 is 0 Å². The number of ether oxygens (including phenoxy) is 3. The average molecular weight is 449 g/mol. The molecule has 3 aromatic rings. The maximum absolute atomic E-state index is 12.6. The molecule has 1 amide bonds. The molecule has 2 N–H and O–H groups in total. The average Bonchev–Trinajstić information content (AvgIpc) is 2.82. The van der Waals surface area contributed by atoms with E-state index in [1.165, 1.54) is 0 Å². The van der Waals surface area contributed by atoms with Crippen molar-refractivity contribution in [1.29, 1.82) is 0 Å². The van der Waals surface area contributed by atoms with Crippen LogP contribution in [0.2, 0.25) is 0 Å². The minimum absolute atomic E-state index is 0.159. The van der Waals surface area contributed by atoms with Crippen molar-refractivity contribution in [2.24, 2.45) is 0 Å².